The van der Waals surface area contributed by atoms with Crippen LogP contribution < -0.4 is 15.4 Å². The van der Waals surface area contributed by atoms with Crippen LogP contribution in [0.5, 0.6) is 5.75 Å². The van der Waals surface area contributed by atoms with E-state index in [2.05, 4.69) is 15.6 Å². The number of hydrogen-bond donors (Lipinski definition) is 3. The van der Waals surface area contributed by atoms with Gasteiger partial charge in [0.1, 0.15) is 0 Å². The van der Waals surface area contributed by atoms with Crippen LogP contribution in [0.3, 0.4) is 0 Å². The minimum absolute atomic E-state index is 0.141. The van der Waals surface area contributed by atoms with Crippen molar-refractivity contribution in [3.8, 4) is 5.75 Å². The molecule has 23 heavy (non-hydrogen) atoms. The summed E-state index contributed by atoms with van der Waals surface area (Å²) < 4.78 is 5.85. The molecule has 1 heterocycles. The molecule has 3 rings (SSSR count). The van der Waals surface area contributed by atoms with Gasteiger partial charge < -0.3 is 20.5 Å². The molecule has 126 valence electrons. The summed E-state index contributed by atoms with van der Waals surface area (Å²) in [6.07, 6.45) is 6.39. The van der Waals surface area contributed by atoms with Gasteiger partial charge in [0.25, 0.3) is 5.91 Å². The van der Waals surface area contributed by atoms with Crippen LogP contribution in [-0.2, 0) is 0 Å². The standard InChI is InChI=1S/C17H25N3O3/c1-17(2,10-21)20-16(22)15-14(23-9-11-3-4-11)7-13(8-18-15)19-12-5-6-12/h7-8,11-12,19,21H,3-6,9-10H2,1-2H3,(H,20,22). The molecule has 2 saturated carbocycles. The van der Waals surface area contributed by atoms with Crippen LogP contribution in [-0.4, -0.2) is 40.8 Å². The third kappa shape index (κ3) is 4.58. The third-order valence-corrected chi connectivity index (χ3v) is 4.03. The molecule has 2 aliphatic rings. The summed E-state index contributed by atoms with van der Waals surface area (Å²) >= 11 is 0. The van der Waals surface area contributed by atoms with Gasteiger partial charge in [0.05, 0.1) is 30.6 Å². The zero-order valence-electron chi connectivity index (χ0n) is 13.8. The number of nitrogens with one attached hydrogen (secondary N) is 2. The van der Waals surface area contributed by atoms with Crippen molar-refractivity contribution in [3.63, 3.8) is 0 Å². The lowest BCUT2D eigenvalue weighted by atomic mass is 10.1. The van der Waals surface area contributed by atoms with E-state index in [0.717, 1.165) is 5.69 Å². The van der Waals surface area contributed by atoms with Crippen molar-refractivity contribution in [2.24, 2.45) is 5.92 Å². The summed E-state index contributed by atoms with van der Waals surface area (Å²) in [4.78, 5) is 16.8. The Morgan fingerprint density at radius 1 is 1.39 bits per heavy atom. The largest absolute Gasteiger partial charge is 0.491 e. The monoisotopic (exact) mass is 319 g/mol. The Morgan fingerprint density at radius 3 is 2.74 bits per heavy atom. The Morgan fingerprint density at radius 2 is 2.13 bits per heavy atom. The number of amides is 1. The van der Waals surface area contributed by atoms with Gasteiger partial charge in [0.2, 0.25) is 0 Å². The molecule has 0 spiro atoms. The van der Waals surface area contributed by atoms with Crippen LogP contribution in [0.2, 0.25) is 0 Å². The van der Waals surface area contributed by atoms with Gasteiger partial charge >= 0.3 is 0 Å². The van der Waals surface area contributed by atoms with Gasteiger partial charge in [-0.1, -0.05) is 0 Å². The van der Waals surface area contributed by atoms with E-state index in [-0.39, 0.29) is 18.2 Å². The number of ether oxygens (including phenoxy) is 1. The maximum absolute atomic E-state index is 12.5. The summed E-state index contributed by atoms with van der Waals surface area (Å²) in [5, 5.41) is 15.5. The van der Waals surface area contributed by atoms with Gasteiger partial charge in [-0.05, 0) is 45.4 Å². The lowest BCUT2D eigenvalue weighted by molar-refractivity contribution is 0.0859. The van der Waals surface area contributed by atoms with Crippen LogP contribution in [0.25, 0.3) is 0 Å². The molecule has 6 heteroatoms. The first-order chi connectivity index (χ1) is 11.0. The number of anilines is 1. The van der Waals surface area contributed by atoms with Gasteiger partial charge in [0.15, 0.2) is 11.4 Å². The molecule has 1 aromatic rings. The van der Waals surface area contributed by atoms with Crippen molar-refractivity contribution >= 4 is 11.6 Å². The summed E-state index contributed by atoms with van der Waals surface area (Å²) in [5.41, 5.74) is 0.460. The van der Waals surface area contributed by atoms with Crippen LogP contribution in [0.4, 0.5) is 5.69 Å². The molecule has 0 radical (unpaired) electrons. The van der Waals surface area contributed by atoms with Crippen molar-refractivity contribution in [2.75, 3.05) is 18.5 Å². The molecule has 2 aliphatic carbocycles. The average molecular weight is 319 g/mol. The Hall–Kier alpha value is -1.82. The van der Waals surface area contributed by atoms with Gasteiger partial charge in [-0.15, -0.1) is 0 Å². The number of aliphatic hydroxyl groups excluding tert-OH is 1. The highest BCUT2D eigenvalue weighted by Gasteiger charge is 2.27. The molecule has 0 aromatic carbocycles. The lowest BCUT2D eigenvalue weighted by Crippen LogP contribution is -2.46. The number of aliphatic hydroxyl groups is 1. The Balaban J connectivity index is 1.76. The zero-order valence-corrected chi connectivity index (χ0v) is 13.8. The van der Waals surface area contributed by atoms with E-state index in [1.54, 1.807) is 20.0 Å². The number of pyridine rings is 1. The number of hydrogen-bond acceptors (Lipinski definition) is 5. The molecule has 2 fully saturated rings. The van der Waals surface area contributed by atoms with E-state index in [1.165, 1.54) is 25.7 Å². The summed E-state index contributed by atoms with van der Waals surface area (Å²) in [7, 11) is 0. The van der Waals surface area contributed by atoms with Crippen LogP contribution in [0.15, 0.2) is 12.3 Å². The van der Waals surface area contributed by atoms with Crippen molar-refractivity contribution < 1.29 is 14.6 Å². The second kappa shape index (κ2) is 6.35. The first kappa shape index (κ1) is 16.1. The number of rotatable bonds is 8. The molecule has 0 aliphatic heterocycles. The summed E-state index contributed by atoms with van der Waals surface area (Å²) in [6, 6.07) is 2.37. The topological polar surface area (TPSA) is 83.5 Å². The van der Waals surface area contributed by atoms with Crippen LogP contribution >= 0.6 is 0 Å². The highest BCUT2D eigenvalue weighted by atomic mass is 16.5. The molecule has 1 amide bonds. The number of carbonyl (C=O) groups is 1. The van der Waals surface area contributed by atoms with Gasteiger partial charge in [-0.3, -0.25) is 4.79 Å². The second-order valence-corrected chi connectivity index (χ2v) is 7.24. The van der Waals surface area contributed by atoms with Crippen molar-refractivity contribution in [1.82, 2.24) is 10.3 Å². The molecule has 1 aromatic heterocycles. The van der Waals surface area contributed by atoms with Gasteiger partial charge in [0, 0.05) is 12.1 Å². The minimum Gasteiger partial charge on any atom is -0.491 e. The fourth-order valence-electron chi connectivity index (χ4n) is 2.17. The smallest absolute Gasteiger partial charge is 0.274 e. The van der Waals surface area contributed by atoms with Crippen molar-refractivity contribution in [1.29, 1.82) is 0 Å². The maximum atomic E-state index is 12.5. The number of carbonyl (C=O) groups excluding carboxylic acids is 1. The molecular weight excluding hydrogens is 294 g/mol. The lowest BCUT2D eigenvalue weighted by Gasteiger charge is -2.23. The Kier molecular flexibility index (Phi) is 4.43. The van der Waals surface area contributed by atoms with Crippen molar-refractivity contribution in [3.05, 3.63) is 18.0 Å². The van der Waals surface area contributed by atoms with E-state index in [0.29, 0.717) is 24.3 Å². The predicted molar refractivity (Wildman–Crippen MR) is 87.7 cm³/mol. The fraction of sp³-hybridized carbons (Fsp3) is 0.647. The molecule has 3 N–H and O–H groups in total. The maximum Gasteiger partial charge on any atom is 0.274 e. The summed E-state index contributed by atoms with van der Waals surface area (Å²) in [5.74, 6) is 0.779. The SMILES string of the molecule is CC(C)(CO)NC(=O)c1ncc(NC2CC2)cc1OCC1CC1. The Labute approximate surface area is 136 Å². The van der Waals surface area contributed by atoms with Gasteiger partial charge in [-0.25, -0.2) is 4.98 Å². The average Bonchev–Trinajstić information content (AvgIpc) is 3.40. The van der Waals surface area contributed by atoms with E-state index in [9.17, 15) is 9.90 Å². The first-order valence-electron chi connectivity index (χ1n) is 8.29. The quantitative estimate of drug-likeness (QED) is 0.682. The van der Waals surface area contributed by atoms with E-state index in [4.69, 9.17) is 4.74 Å². The van der Waals surface area contributed by atoms with E-state index < -0.39 is 5.54 Å². The highest BCUT2D eigenvalue weighted by Crippen LogP contribution is 2.32. The zero-order chi connectivity index (χ0) is 16.4. The van der Waals surface area contributed by atoms with Gasteiger partial charge in [-0.2, -0.15) is 0 Å². The minimum atomic E-state index is -0.697. The fourth-order valence-corrected chi connectivity index (χ4v) is 2.17. The second-order valence-electron chi connectivity index (χ2n) is 7.24. The summed E-state index contributed by atoms with van der Waals surface area (Å²) in [6.45, 7) is 4.01. The first-order valence-corrected chi connectivity index (χ1v) is 8.29. The molecule has 0 unspecified atom stereocenters. The van der Waals surface area contributed by atoms with Crippen molar-refractivity contribution in [2.45, 2.75) is 51.1 Å². The molecular formula is C17H25N3O3. The predicted octanol–water partition coefficient (Wildman–Crippen LogP) is 1.95. The molecule has 6 nitrogen and oxygen atoms in total. The highest BCUT2D eigenvalue weighted by molar-refractivity contribution is 5.95. The normalized spacial score (nSPS) is 17.7. The molecule has 0 bridgehead atoms. The van der Waals surface area contributed by atoms with E-state index >= 15 is 0 Å². The van der Waals surface area contributed by atoms with E-state index in [1.807, 2.05) is 6.07 Å². The third-order valence-electron chi connectivity index (χ3n) is 4.03. The molecule has 0 atom stereocenters. The molecule has 0 saturated heterocycles. The van der Waals surface area contributed by atoms with Crippen LogP contribution in [0.1, 0.15) is 50.0 Å². The van der Waals surface area contributed by atoms with Crippen LogP contribution in [0, 0.1) is 5.92 Å². The number of aromatic nitrogens is 1. The number of nitrogens with zero attached hydrogens (tertiary/aromatic N) is 1. The Bertz CT molecular complexity index is 580.